The van der Waals surface area contributed by atoms with Crippen LogP contribution >= 0.6 is 0 Å². The number of nitrogens with two attached hydrogens (primary N) is 1. The number of rotatable bonds is 4. The molecule has 0 aliphatic rings. The van der Waals surface area contributed by atoms with Crippen molar-refractivity contribution in [3.63, 3.8) is 0 Å². The zero-order valence-electron chi connectivity index (χ0n) is 16.1. The maximum Gasteiger partial charge on any atom is 0.248 e. The summed E-state index contributed by atoms with van der Waals surface area (Å²) < 4.78 is 11.5. The van der Waals surface area contributed by atoms with Crippen LogP contribution < -0.4 is 10.5 Å². The molecule has 7 heteroatoms. The highest BCUT2D eigenvalue weighted by Crippen LogP contribution is 2.37. The van der Waals surface area contributed by atoms with Crippen LogP contribution in [0.3, 0.4) is 0 Å². The van der Waals surface area contributed by atoms with E-state index >= 15 is 0 Å². The van der Waals surface area contributed by atoms with E-state index in [-0.39, 0.29) is 7.43 Å². The number of amides is 1. The summed E-state index contributed by atoms with van der Waals surface area (Å²) in [5.74, 6) is 2.12. The molecule has 3 N–H and O–H groups in total. The van der Waals surface area contributed by atoms with Crippen molar-refractivity contribution in [1.82, 2.24) is 15.1 Å². The Kier molecular flexibility index (Phi) is 5.16. The highest BCUT2D eigenvalue weighted by atomic mass is 16.5. The van der Waals surface area contributed by atoms with Gasteiger partial charge in [0, 0.05) is 11.1 Å². The second-order valence-corrected chi connectivity index (χ2v) is 6.84. The molecule has 7 nitrogen and oxygen atoms in total. The third-order valence-corrected chi connectivity index (χ3v) is 4.68. The van der Waals surface area contributed by atoms with Crippen LogP contribution in [0.1, 0.15) is 40.6 Å². The molecule has 1 amide bonds. The minimum atomic E-state index is -0.505. The summed E-state index contributed by atoms with van der Waals surface area (Å²) in [6.45, 7) is 7.57. The molecule has 0 saturated heterocycles. The van der Waals surface area contributed by atoms with Crippen molar-refractivity contribution < 1.29 is 14.1 Å². The third kappa shape index (κ3) is 3.59. The fourth-order valence-electron chi connectivity index (χ4n) is 3.31. The first-order valence-electron chi connectivity index (χ1n) is 8.85. The number of primary amides is 1. The summed E-state index contributed by atoms with van der Waals surface area (Å²) in [5.41, 5.74) is 10.9. The van der Waals surface area contributed by atoms with Crippen molar-refractivity contribution in [2.45, 2.75) is 35.1 Å². The van der Waals surface area contributed by atoms with Crippen LogP contribution in [0.4, 0.5) is 0 Å². The van der Waals surface area contributed by atoms with Gasteiger partial charge in [-0.1, -0.05) is 18.6 Å². The Hall–Kier alpha value is -3.61. The number of nitrogens with zero attached hydrogens (tertiary/aromatic N) is 2. The van der Waals surface area contributed by atoms with Crippen LogP contribution in [0.15, 0.2) is 34.9 Å². The lowest BCUT2D eigenvalue weighted by Crippen LogP contribution is -2.10. The van der Waals surface area contributed by atoms with Gasteiger partial charge in [0.2, 0.25) is 5.91 Å². The predicted molar refractivity (Wildman–Crippen MR) is 112 cm³/mol. The van der Waals surface area contributed by atoms with Crippen LogP contribution in [0.5, 0.6) is 11.5 Å². The number of ether oxygens (including phenoxy) is 1. The molecule has 0 unspecified atom stereocenters. The highest BCUT2D eigenvalue weighted by Gasteiger charge is 2.18. The van der Waals surface area contributed by atoms with Gasteiger partial charge in [0.15, 0.2) is 5.75 Å². The molecule has 2 aromatic heterocycles. The lowest BCUT2D eigenvalue weighted by atomic mass is 10.0. The van der Waals surface area contributed by atoms with E-state index in [0.29, 0.717) is 22.6 Å². The van der Waals surface area contributed by atoms with Crippen molar-refractivity contribution in [2.75, 3.05) is 0 Å². The first-order chi connectivity index (χ1) is 13.3. The molecule has 4 rings (SSSR count). The summed E-state index contributed by atoms with van der Waals surface area (Å²) in [7, 11) is 0. The maximum absolute atomic E-state index is 11.5. The zero-order chi connectivity index (χ0) is 20.0. The number of hydrogen-bond acceptors (Lipinski definition) is 5. The van der Waals surface area contributed by atoms with Gasteiger partial charge in [-0.3, -0.25) is 4.79 Å². The van der Waals surface area contributed by atoms with Crippen molar-refractivity contribution in [1.29, 1.82) is 0 Å². The number of aromatic nitrogens is 3. The number of H-pyrrole nitrogens is 1. The summed E-state index contributed by atoms with van der Waals surface area (Å²) in [5, 5.41) is 4.04. The van der Waals surface area contributed by atoms with Gasteiger partial charge < -0.3 is 20.0 Å². The van der Waals surface area contributed by atoms with E-state index < -0.39 is 5.91 Å². The van der Waals surface area contributed by atoms with Crippen LogP contribution in [0.25, 0.3) is 22.2 Å². The number of nitrogens with one attached hydrogen (secondary N) is 1. The van der Waals surface area contributed by atoms with Gasteiger partial charge in [0.05, 0.1) is 11.2 Å². The summed E-state index contributed by atoms with van der Waals surface area (Å²) in [4.78, 5) is 19.4. The molecule has 150 valence electrons. The molecule has 0 spiro atoms. The summed E-state index contributed by atoms with van der Waals surface area (Å²) in [6, 6.07) is 9.04. The first-order valence-corrected chi connectivity index (χ1v) is 8.85. The number of aromatic amines is 1. The zero-order valence-corrected chi connectivity index (χ0v) is 16.1. The Morgan fingerprint density at radius 3 is 2.52 bits per heavy atom. The molecule has 0 fully saturated rings. The number of benzene rings is 2. The molecule has 0 aliphatic carbocycles. The molecular formula is C22H24N4O3. The Morgan fingerprint density at radius 2 is 1.86 bits per heavy atom. The van der Waals surface area contributed by atoms with Gasteiger partial charge in [0.1, 0.15) is 22.9 Å². The topological polar surface area (TPSA) is 107 Å². The van der Waals surface area contributed by atoms with Crippen molar-refractivity contribution in [3.05, 3.63) is 58.7 Å². The smallest absolute Gasteiger partial charge is 0.248 e. The van der Waals surface area contributed by atoms with Crippen LogP contribution in [0, 0.1) is 27.7 Å². The number of carbonyl (C=O) groups excluding carboxylic acids is 1. The van der Waals surface area contributed by atoms with Gasteiger partial charge in [-0.25, -0.2) is 4.98 Å². The molecule has 0 radical (unpaired) electrons. The van der Waals surface area contributed by atoms with E-state index in [1.165, 1.54) is 0 Å². The molecule has 0 bridgehead atoms. The average molecular weight is 392 g/mol. The Labute approximate surface area is 168 Å². The van der Waals surface area contributed by atoms with Crippen LogP contribution in [-0.2, 0) is 0 Å². The second-order valence-electron chi connectivity index (χ2n) is 6.84. The average Bonchev–Trinajstić information content (AvgIpc) is 3.17. The van der Waals surface area contributed by atoms with E-state index in [1.807, 2.05) is 39.8 Å². The number of aryl methyl sites for hydroxylation is 4. The maximum atomic E-state index is 11.5. The van der Waals surface area contributed by atoms with Crippen molar-refractivity contribution in [3.8, 4) is 22.6 Å². The van der Waals surface area contributed by atoms with E-state index in [2.05, 4.69) is 15.1 Å². The molecule has 4 aromatic rings. The molecular weight excluding hydrogens is 368 g/mol. The van der Waals surface area contributed by atoms with Gasteiger partial charge in [-0.15, -0.1) is 0 Å². The van der Waals surface area contributed by atoms with Crippen LogP contribution in [-0.4, -0.2) is 21.0 Å². The number of fused-ring (bicyclic) bond motifs is 1. The quantitative estimate of drug-likeness (QED) is 0.509. The number of carbonyl (C=O) groups is 1. The van der Waals surface area contributed by atoms with E-state index in [0.717, 1.165) is 39.5 Å². The van der Waals surface area contributed by atoms with E-state index in [4.69, 9.17) is 15.0 Å². The van der Waals surface area contributed by atoms with E-state index in [9.17, 15) is 4.79 Å². The highest BCUT2D eigenvalue weighted by molar-refractivity contribution is 5.93. The second kappa shape index (κ2) is 7.43. The normalized spacial score (nSPS) is 10.8. The molecule has 0 saturated carbocycles. The molecule has 2 heterocycles. The Bertz CT molecular complexity index is 1200. The minimum Gasteiger partial charge on any atom is -0.455 e. The third-order valence-electron chi connectivity index (χ3n) is 4.68. The Morgan fingerprint density at radius 1 is 1.10 bits per heavy atom. The predicted octanol–water partition coefficient (Wildman–Crippen LogP) is 4.98. The van der Waals surface area contributed by atoms with Crippen molar-refractivity contribution in [2.24, 2.45) is 5.73 Å². The lowest BCUT2D eigenvalue weighted by molar-refractivity contribution is 0.1000. The molecule has 29 heavy (non-hydrogen) atoms. The molecule has 0 atom stereocenters. The molecule has 0 aliphatic heterocycles. The van der Waals surface area contributed by atoms with Gasteiger partial charge in [-0.05, 0) is 63.1 Å². The SMILES string of the molecule is C.Cc1nc2c(Oc3cc(C(N)=O)ccc3C)cc(-c3c(C)noc3C)cc2[nH]1. The summed E-state index contributed by atoms with van der Waals surface area (Å²) in [6.07, 6.45) is 0. The minimum absolute atomic E-state index is 0. The fraction of sp³-hybridized carbons (Fsp3) is 0.227. The number of imidazole rings is 1. The van der Waals surface area contributed by atoms with E-state index in [1.54, 1.807) is 18.2 Å². The first kappa shape index (κ1) is 20.1. The van der Waals surface area contributed by atoms with Crippen molar-refractivity contribution >= 4 is 16.9 Å². The van der Waals surface area contributed by atoms with Gasteiger partial charge >= 0.3 is 0 Å². The van der Waals surface area contributed by atoms with Gasteiger partial charge in [-0.2, -0.15) is 0 Å². The van der Waals surface area contributed by atoms with Crippen LogP contribution in [0.2, 0.25) is 0 Å². The monoisotopic (exact) mass is 392 g/mol. The fourth-order valence-corrected chi connectivity index (χ4v) is 3.31. The lowest BCUT2D eigenvalue weighted by Gasteiger charge is -2.12. The Balaban J connectivity index is 0.00000240. The standard InChI is InChI=1S/C21H20N4O3.CH4/c1-10-5-6-14(21(22)26)8-17(10)27-18-9-15(19-11(2)25-28-12(19)3)7-16-20(18)24-13(4)23-16;/h5-9H,1-4H3,(H2,22,26)(H,23,24);1H4. The summed E-state index contributed by atoms with van der Waals surface area (Å²) >= 11 is 0. The molecule has 2 aromatic carbocycles. The number of hydrogen-bond donors (Lipinski definition) is 2. The van der Waals surface area contributed by atoms with Gasteiger partial charge in [0.25, 0.3) is 0 Å². The largest absolute Gasteiger partial charge is 0.455 e.